The van der Waals surface area contributed by atoms with Gasteiger partial charge in [0.05, 0.1) is 17.6 Å². The zero-order chi connectivity index (χ0) is 18.7. The number of rotatable bonds is 6. The van der Waals surface area contributed by atoms with Gasteiger partial charge in [-0.2, -0.15) is 16.4 Å². The summed E-state index contributed by atoms with van der Waals surface area (Å²) in [4.78, 5) is 12.6. The summed E-state index contributed by atoms with van der Waals surface area (Å²) in [6.07, 6.45) is 1.61. The van der Waals surface area contributed by atoms with Crippen LogP contribution in [0.5, 0.6) is 0 Å². The summed E-state index contributed by atoms with van der Waals surface area (Å²) in [7, 11) is -0.701. The molecule has 136 valence electrons. The summed E-state index contributed by atoms with van der Waals surface area (Å²) in [6, 6.07) is 9.65. The topological polar surface area (TPSA) is 84.3 Å². The number of nitrogens with zero attached hydrogens (tertiary/aromatic N) is 3. The van der Waals surface area contributed by atoms with Crippen LogP contribution in [0.15, 0.2) is 58.3 Å². The summed E-state index contributed by atoms with van der Waals surface area (Å²) >= 11 is 1.59. The van der Waals surface area contributed by atoms with Gasteiger partial charge in [0.1, 0.15) is 5.82 Å². The van der Waals surface area contributed by atoms with E-state index in [1.807, 2.05) is 16.8 Å². The number of amides is 1. The summed E-state index contributed by atoms with van der Waals surface area (Å²) in [5.41, 5.74) is 1.35. The minimum atomic E-state index is -3.60. The minimum absolute atomic E-state index is 0.0712. The number of nitrogens with one attached hydrogen (secondary N) is 1. The van der Waals surface area contributed by atoms with Crippen molar-refractivity contribution in [3.63, 3.8) is 0 Å². The molecule has 0 unspecified atom stereocenters. The molecule has 0 saturated heterocycles. The molecule has 26 heavy (non-hydrogen) atoms. The Bertz CT molecular complexity index is 1010. The highest BCUT2D eigenvalue weighted by molar-refractivity contribution is 7.89. The molecule has 2 aromatic heterocycles. The molecular weight excluding hydrogens is 372 g/mol. The van der Waals surface area contributed by atoms with Gasteiger partial charge in [0.2, 0.25) is 10.0 Å². The highest BCUT2D eigenvalue weighted by Crippen LogP contribution is 2.17. The summed E-state index contributed by atoms with van der Waals surface area (Å²) in [5.74, 6) is 0.148. The van der Waals surface area contributed by atoms with Crippen molar-refractivity contribution in [3.05, 3.63) is 64.5 Å². The molecule has 3 rings (SSSR count). The molecule has 0 spiro atoms. The third kappa shape index (κ3) is 3.85. The van der Waals surface area contributed by atoms with Gasteiger partial charge in [0, 0.05) is 25.7 Å². The lowest BCUT2D eigenvalue weighted by Crippen LogP contribution is -2.23. The standard InChI is InChI=1S/C17H18N4O3S2/c1-20(2)26(23,24)15-5-3-4-14(10-15)17(22)19-16-6-8-18-21(16)11-13-7-9-25-12-13/h3-10,12H,11H2,1-2H3,(H,19,22). The lowest BCUT2D eigenvalue weighted by Gasteiger charge is -2.12. The number of thiophene rings is 1. The molecule has 0 bridgehead atoms. The van der Waals surface area contributed by atoms with Gasteiger partial charge in [0.15, 0.2) is 0 Å². The Hall–Kier alpha value is -2.49. The van der Waals surface area contributed by atoms with Crippen LogP contribution in [0.2, 0.25) is 0 Å². The first-order chi connectivity index (χ1) is 12.4. The van der Waals surface area contributed by atoms with E-state index in [0.717, 1.165) is 9.87 Å². The van der Waals surface area contributed by atoms with Gasteiger partial charge < -0.3 is 5.32 Å². The Morgan fingerprint density at radius 1 is 1.27 bits per heavy atom. The van der Waals surface area contributed by atoms with E-state index in [1.165, 1.54) is 26.2 Å². The van der Waals surface area contributed by atoms with E-state index in [-0.39, 0.29) is 10.5 Å². The van der Waals surface area contributed by atoms with Gasteiger partial charge in [0.25, 0.3) is 5.91 Å². The predicted octanol–water partition coefficient (Wildman–Crippen LogP) is 2.50. The molecule has 0 radical (unpaired) electrons. The van der Waals surface area contributed by atoms with Gasteiger partial charge in [-0.15, -0.1) is 0 Å². The van der Waals surface area contributed by atoms with Crippen LogP contribution in [0.3, 0.4) is 0 Å². The van der Waals surface area contributed by atoms with Crippen molar-refractivity contribution in [2.24, 2.45) is 0 Å². The first-order valence-corrected chi connectivity index (χ1v) is 10.1. The maximum atomic E-state index is 12.6. The second-order valence-electron chi connectivity index (χ2n) is 5.78. The largest absolute Gasteiger partial charge is 0.307 e. The van der Waals surface area contributed by atoms with E-state index < -0.39 is 15.9 Å². The van der Waals surface area contributed by atoms with Gasteiger partial charge in [-0.1, -0.05) is 6.07 Å². The van der Waals surface area contributed by atoms with E-state index >= 15 is 0 Å². The van der Waals surface area contributed by atoms with Crippen LogP contribution in [0, 0.1) is 0 Å². The molecule has 0 atom stereocenters. The van der Waals surface area contributed by atoms with Crippen LogP contribution < -0.4 is 5.32 Å². The first-order valence-electron chi connectivity index (χ1n) is 7.75. The van der Waals surface area contributed by atoms with E-state index in [9.17, 15) is 13.2 Å². The van der Waals surface area contributed by atoms with Crippen molar-refractivity contribution < 1.29 is 13.2 Å². The van der Waals surface area contributed by atoms with Crippen LogP contribution in [-0.2, 0) is 16.6 Å². The predicted molar refractivity (Wildman–Crippen MR) is 101 cm³/mol. The molecule has 7 nitrogen and oxygen atoms in total. The molecule has 0 fully saturated rings. The van der Waals surface area contributed by atoms with Crippen LogP contribution >= 0.6 is 11.3 Å². The molecule has 1 N–H and O–H groups in total. The maximum absolute atomic E-state index is 12.6. The molecule has 3 aromatic rings. The Kier molecular flexibility index (Phi) is 5.21. The first kappa shape index (κ1) is 18.3. The zero-order valence-electron chi connectivity index (χ0n) is 14.3. The molecule has 1 aromatic carbocycles. The number of carbonyl (C=O) groups excluding carboxylic acids is 1. The Balaban J connectivity index is 1.81. The number of hydrogen-bond acceptors (Lipinski definition) is 5. The van der Waals surface area contributed by atoms with Crippen molar-refractivity contribution in [1.29, 1.82) is 0 Å². The Morgan fingerprint density at radius 3 is 2.77 bits per heavy atom. The van der Waals surface area contributed by atoms with Crippen molar-refractivity contribution in [2.75, 3.05) is 19.4 Å². The molecule has 0 saturated carbocycles. The van der Waals surface area contributed by atoms with Gasteiger partial charge in [-0.25, -0.2) is 17.4 Å². The molecule has 1 amide bonds. The van der Waals surface area contributed by atoms with Crippen LogP contribution in [0.1, 0.15) is 15.9 Å². The summed E-state index contributed by atoms with van der Waals surface area (Å²) < 4.78 is 27.3. The second kappa shape index (κ2) is 7.40. The number of benzene rings is 1. The number of sulfonamides is 1. The molecular formula is C17H18N4O3S2. The number of hydrogen-bond donors (Lipinski definition) is 1. The number of aromatic nitrogens is 2. The summed E-state index contributed by atoms with van der Waals surface area (Å²) in [6.45, 7) is 0.543. The average molecular weight is 390 g/mol. The monoisotopic (exact) mass is 390 g/mol. The van der Waals surface area contributed by atoms with E-state index in [1.54, 1.807) is 40.4 Å². The molecule has 0 aliphatic carbocycles. The quantitative estimate of drug-likeness (QED) is 0.701. The van der Waals surface area contributed by atoms with E-state index in [2.05, 4.69) is 10.4 Å². The van der Waals surface area contributed by atoms with Gasteiger partial charge in [-0.3, -0.25) is 4.79 Å². The normalized spacial score (nSPS) is 11.7. The highest BCUT2D eigenvalue weighted by atomic mass is 32.2. The number of anilines is 1. The molecule has 0 aliphatic rings. The average Bonchev–Trinajstić information content (AvgIpc) is 3.28. The fraction of sp³-hybridized carbons (Fsp3) is 0.176. The third-order valence-electron chi connectivity index (χ3n) is 3.75. The van der Waals surface area contributed by atoms with Crippen LogP contribution in [0.25, 0.3) is 0 Å². The second-order valence-corrected chi connectivity index (χ2v) is 8.71. The van der Waals surface area contributed by atoms with Crippen molar-refractivity contribution in [1.82, 2.24) is 14.1 Å². The van der Waals surface area contributed by atoms with E-state index in [0.29, 0.717) is 12.4 Å². The molecule has 9 heteroatoms. The fourth-order valence-corrected chi connectivity index (χ4v) is 3.93. The van der Waals surface area contributed by atoms with Gasteiger partial charge in [-0.05, 0) is 40.6 Å². The minimum Gasteiger partial charge on any atom is -0.307 e. The summed E-state index contributed by atoms with van der Waals surface area (Å²) in [5, 5.41) is 11.0. The van der Waals surface area contributed by atoms with Crippen molar-refractivity contribution >= 4 is 33.1 Å². The fourth-order valence-electron chi connectivity index (χ4n) is 2.32. The van der Waals surface area contributed by atoms with Crippen molar-refractivity contribution in [3.8, 4) is 0 Å². The highest BCUT2D eigenvalue weighted by Gasteiger charge is 2.19. The van der Waals surface area contributed by atoms with Gasteiger partial charge >= 0.3 is 0 Å². The lowest BCUT2D eigenvalue weighted by molar-refractivity contribution is 0.102. The zero-order valence-corrected chi connectivity index (χ0v) is 15.9. The molecule has 2 heterocycles. The van der Waals surface area contributed by atoms with Crippen LogP contribution in [-0.4, -0.2) is 42.5 Å². The maximum Gasteiger partial charge on any atom is 0.256 e. The van der Waals surface area contributed by atoms with Crippen molar-refractivity contribution in [2.45, 2.75) is 11.4 Å². The lowest BCUT2D eigenvalue weighted by atomic mass is 10.2. The Labute approximate surface area is 155 Å². The van der Waals surface area contributed by atoms with E-state index in [4.69, 9.17) is 0 Å². The Morgan fingerprint density at radius 2 is 2.08 bits per heavy atom. The third-order valence-corrected chi connectivity index (χ3v) is 6.29. The van der Waals surface area contributed by atoms with Crippen LogP contribution in [0.4, 0.5) is 5.82 Å². The molecule has 0 aliphatic heterocycles. The number of carbonyl (C=O) groups is 1. The SMILES string of the molecule is CN(C)S(=O)(=O)c1cccc(C(=O)Nc2ccnn2Cc2ccsc2)c1. The smallest absolute Gasteiger partial charge is 0.256 e.